The Balaban J connectivity index is 2.64. The first-order chi connectivity index (χ1) is 10.5. The molecule has 1 aliphatic rings. The molecule has 0 saturated carbocycles. The maximum atomic E-state index is 10.8. The van der Waals surface area contributed by atoms with Crippen molar-refractivity contribution in [3.05, 3.63) is 66.3 Å². The van der Waals surface area contributed by atoms with Crippen molar-refractivity contribution in [1.82, 2.24) is 0 Å². The minimum absolute atomic E-state index is 0.417. The highest BCUT2D eigenvalue weighted by atomic mass is 16.6. The third-order valence-corrected chi connectivity index (χ3v) is 3.81. The van der Waals surface area contributed by atoms with E-state index < -0.39 is 11.9 Å². The summed E-state index contributed by atoms with van der Waals surface area (Å²) >= 11 is 0. The van der Waals surface area contributed by atoms with Crippen molar-refractivity contribution in [2.24, 2.45) is 0 Å². The standard InChI is InChI=1S/C18H20O4/c1-5-12-7-9-14(16(11-12)21-3)15-10-8-13(6-2)17(19)18(15,20)22-4/h5-11,17,19-20H,1-2H2,3-4H3. The summed E-state index contributed by atoms with van der Waals surface area (Å²) in [7, 11) is 2.88. The fourth-order valence-corrected chi connectivity index (χ4v) is 2.50. The van der Waals surface area contributed by atoms with E-state index >= 15 is 0 Å². The SMILES string of the molecule is C=CC1=CC=C(c2ccc(C=C)cc2OC)C(O)(OC)C1O. The smallest absolute Gasteiger partial charge is 0.224 e. The lowest BCUT2D eigenvalue weighted by molar-refractivity contribution is -0.189. The second-order valence-electron chi connectivity index (χ2n) is 4.92. The van der Waals surface area contributed by atoms with Crippen molar-refractivity contribution in [2.75, 3.05) is 14.2 Å². The molecule has 22 heavy (non-hydrogen) atoms. The van der Waals surface area contributed by atoms with E-state index in [2.05, 4.69) is 13.2 Å². The fourth-order valence-electron chi connectivity index (χ4n) is 2.50. The molecule has 0 spiro atoms. The lowest BCUT2D eigenvalue weighted by Gasteiger charge is -2.37. The molecule has 0 bridgehead atoms. The topological polar surface area (TPSA) is 58.9 Å². The van der Waals surface area contributed by atoms with Crippen LogP contribution in [-0.4, -0.2) is 36.3 Å². The highest BCUT2D eigenvalue weighted by Gasteiger charge is 2.44. The maximum Gasteiger partial charge on any atom is 0.224 e. The van der Waals surface area contributed by atoms with Crippen molar-refractivity contribution < 1.29 is 19.7 Å². The molecule has 0 radical (unpaired) electrons. The Bertz CT molecular complexity index is 657. The van der Waals surface area contributed by atoms with E-state index in [0.717, 1.165) is 5.56 Å². The van der Waals surface area contributed by atoms with Gasteiger partial charge in [0.1, 0.15) is 11.9 Å². The Kier molecular flexibility index (Phi) is 4.66. The van der Waals surface area contributed by atoms with Gasteiger partial charge >= 0.3 is 0 Å². The van der Waals surface area contributed by atoms with Crippen LogP contribution in [0.2, 0.25) is 0 Å². The fraction of sp³-hybridized carbons (Fsp3) is 0.222. The van der Waals surface area contributed by atoms with E-state index in [1.807, 2.05) is 6.07 Å². The van der Waals surface area contributed by atoms with E-state index in [-0.39, 0.29) is 0 Å². The monoisotopic (exact) mass is 300 g/mol. The van der Waals surface area contributed by atoms with E-state index in [4.69, 9.17) is 9.47 Å². The second kappa shape index (κ2) is 6.32. The Labute approximate surface area is 130 Å². The molecular formula is C18H20O4. The maximum absolute atomic E-state index is 10.8. The molecule has 2 rings (SSSR count). The number of hydrogen-bond acceptors (Lipinski definition) is 4. The van der Waals surface area contributed by atoms with E-state index in [0.29, 0.717) is 22.5 Å². The number of aliphatic hydroxyl groups excluding tert-OH is 1. The van der Waals surface area contributed by atoms with Crippen LogP contribution < -0.4 is 4.74 Å². The van der Waals surface area contributed by atoms with Crippen LogP contribution in [0.4, 0.5) is 0 Å². The molecule has 2 unspecified atom stereocenters. The summed E-state index contributed by atoms with van der Waals surface area (Å²) in [5.74, 6) is -1.32. The minimum Gasteiger partial charge on any atom is -0.496 e. The van der Waals surface area contributed by atoms with Crippen LogP contribution in [0.3, 0.4) is 0 Å². The summed E-state index contributed by atoms with van der Waals surface area (Å²) in [5.41, 5.74) is 2.42. The van der Waals surface area contributed by atoms with Gasteiger partial charge < -0.3 is 19.7 Å². The first-order valence-corrected chi connectivity index (χ1v) is 6.83. The summed E-state index contributed by atoms with van der Waals surface area (Å²) in [4.78, 5) is 0. The van der Waals surface area contributed by atoms with Crippen LogP contribution in [0.5, 0.6) is 5.75 Å². The molecule has 0 saturated heterocycles. The van der Waals surface area contributed by atoms with Gasteiger partial charge in [0.25, 0.3) is 0 Å². The second-order valence-corrected chi connectivity index (χ2v) is 4.92. The molecule has 1 aromatic rings. The Hall–Kier alpha value is -2.14. The Morgan fingerprint density at radius 2 is 1.91 bits per heavy atom. The number of methoxy groups -OCH3 is 2. The van der Waals surface area contributed by atoms with Crippen molar-refractivity contribution in [1.29, 1.82) is 0 Å². The lowest BCUT2D eigenvalue weighted by Crippen LogP contribution is -2.47. The number of rotatable bonds is 5. The molecule has 0 amide bonds. The lowest BCUT2D eigenvalue weighted by atomic mass is 9.84. The first kappa shape index (κ1) is 16.2. The minimum atomic E-state index is -1.87. The van der Waals surface area contributed by atoms with E-state index in [1.54, 1.807) is 37.5 Å². The van der Waals surface area contributed by atoms with Gasteiger partial charge in [-0.05, 0) is 17.2 Å². The highest BCUT2D eigenvalue weighted by molar-refractivity contribution is 5.80. The number of allylic oxidation sites excluding steroid dienone is 2. The van der Waals surface area contributed by atoms with Gasteiger partial charge in [0.2, 0.25) is 5.79 Å². The normalized spacial score (nSPS) is 24.3. The first-order valence-electron chi connectivity index (χ1n) is 6.83. The predicted molar refractivity (Wildman–Crippen MR) is 87.3 cm³/mol. The summed E-state index contributed by atoms with van der Waals surface area (Å²) in [6.07, 6.45) is 5.34. The van der Waals surface area contributed by atoms with E-state index in [9.17, 15) is 10.2 Å². The molecule has 0 aromatic heterocycles. The van der Waals surface area contributed by atoms with Crippen molar-refractivity contribution >= 4 is 11.6 Å². The quantitative estimate of drug-likeness (QED) is 0.821. The van der Waals surface area contributed by atoms with Crippen LogP contribution in [0.25, 0.3) is 11.6 Å². The summed E-state index contributed by atoms with van der Waals surface area (Å²) < 4.78 is 10.6. The van der Waals surface area contributed by atoms with Crippen molar-refractivity contribution in [2.45, 2.75) is 11.9 Å². The van der Waals surface area contributed by atoms with Gasteiger partial charge in [-0.1, -0.05) is 49.6 Å². The van der Waals surface area contributed by atoms with Gasteiger partial charge in [-0.3, -0.25) is 0 Å². The number of benzene rings is 1. The highest BCUT2D eigenvalue weighted by Crippen LogP contribution is 2.41. The van der Waals surface area contributed by atoms with Gasteiger partial charge in [-0.2, -0.15) is 0 Å². The molecule has 1 aliphatic carbocycles. The molecule has 0 aliphatic heterocycles. The van der Waals surface area contributed by atoms with Crippen molar-refractivity contribution in [3.63, 3.8) is 0 Å². The van der Waals surface area contributed by atoms with Gasteiger partial charge in [0, 0.05) is 18.2 Å². The molecule has 0 fully saturated rings. The van der Waals surface area contributed by atoms with Crippen molar-refractivity contribution in [3.8, 4) is 5.75 Å². The average Bonchev–Trinajstić information content (AvgIpc) is 2.56. The zero-order chi connectivity index (χ0) is 16.3. The Morgan fingerprint density at radius 3 is 2.45 bits per heavy atom. The largest absolute Gasteiger partial charge is 0.496 e. The van der Waals surface area contributed by atoms with Crippen LogP contribution >= 0.6 is 0 Å². The van der Waals surface area contributed by atoms with Gasteiger partial charge in [-0.25, -0.2) is 0 Å². The summed E-state index contributed by atoms with van der Waals surface area (Å²) in [6.45, 7) is 7.35. The molecule has 2 atom stereocenters. The third-order valence-electron chi connectivity index (χ3n) is 3.81. The number of hydrogen-bond donors (Lipinski definition) is 2. The predicted octanol–water partition coefficient (Wildman–Crippen LogP) is 2.54. The van der Waals surface area contributed by atoms with Crippen LogP contribution in [0, 0.1) is 0 Å². The zero-order valence-corrected chi connectivity index (χ0v) is 12.7. The molecule has 2 N–H and O–H groups in total. The molecule has 1 aromatic carbocycles. The van der Waals surface area contributed by atoms with E-state index in [1.165, 1.54) is 13.2 Å². The number of ether oxygens (including phenoxy) is 2. The van der Waals surface area contributed by atoms with Gasteiger partial charge in [-0.15, -0.1) is 0 Å². The van der Waals surface area contributed by atoms with Gasteiger partial charge in [0.05, 0.1) is 7.11 Å². The average molecular weight is 300 g/mol. The summed E-state index contributed by atoms with van der Waals surface area (Å²) in [6, 6.07) is 5.45. The molecule has 4 heteroatoms. The molecule has 4 nitrogen and oxygen atoms in total. The Morgan fingerprint density at radius 1 is 1.18 bits per heavy atom. The van der Waals surface area contributed by atoms with Crippen LogP contribution in [0.1, 0.15) is 11.1 Å². The zero-order valence-electron chi connectivity index (χ0n) is 12.7. The molecule has 0 heterocycles. The van der Waals surface area contributed by atoms with Crippen LogP contribution in [-0.2, 0) is 4.74 Å². The molecule has 116 valence electrons. The summed E-state index contributed by atoms with van der Waals surface area (Å²) in [5, 5.41) is 21.2. The number of aliphatic hydroxyl groups is 2. The van der Waals surface area contributed by atoms with Gasteiger partial charge in [0.15, 0.2) is 0 Å². The molecular weight excluding hydrogens is 280 g/mol. The third kappa shape index (κ3) is 2.52. The van der Waals surface area contributed by atoms with Crippen LogP contribution in [0.15, 0.2) is 55.2 Å².